The number of aromatic nitrogens is 3. The van der Waals surface area contributed by atoms with E-state index in [2.05, 4.69) is 82.4 Å². The summed E-state index contributed by atoms with van der Waals surface area (Å²) >= 11 is 6.74. The highest BCUT2D eigenvalue weighted by molar-refractivity contribution is 7.73. The molecule has 0 radical (unpaired) electrons. The summed E-state index contributed by atoms with van der Waals surface area (Å²) in [6.07, 6.45) is 0. The number of nitrogens with one attached hydrogen (secondary N) is 1. The summed E-state index contributed by atoms with van der Waals surface area (Å²) in [5.74, 6) is 0. The summed E-state index contributed by atoms with van der Waals surface area (Å²) in [4.78, 5) is 0. The first-order valence-electron chi connectivity index (χ1n) is 8.57. The van der Waals surface area contributed by atoms with Crippen LogP contribution in [-0.4, -0.2) is 10.2 Å². The molecule has 7 nitrogen and oxygen atoms in total. The van der Waals surface area contributed by atoms with Gasteiger partial charge in [-0.2, -0.15) is 9.67 Å². The third kappa shape index (κ3) is 6.00. The van der Waals surface area contributed by atoms with Gasteiger partial charge < -0.3 is 0 Å². The first kappa shape index (κ1) is 22.2. The largest absolute Gasteiger partial charge is 0.414 e. The summed E-state index contributed by atoms with van der Waals surface area (Å²) in [5.41, 5.74) is 5.68. The molecule has 30 heavy (non-hydrogen) atoms. The van der Waals surface area contributed by atoms with Crippen molar-refractivity contribution >= 4 is 23.6 Å². The molecule has 0 atom stereocenters. The lowest BCUT2D eigenvalue weighted by Crippen LogP contribution is -2.68. The number of benzene rings is 2. The third-order valence-corrected chi connectivity index (χ3v) is 5.04. The van der Waals surface area contributed by atoms with E-state index in [9.17, 15) is 0 Å². The van der Waals surface area contributed by atoms with Crippen LogP contribution in [0, 0.1) is 21.1 Å². The molecule has 0 aliphatic heterocycles. The molecule has 0 fully saturated rings. The van der Waals surface area contributed by atoms with Crippen LogP contribution in [0.25, 0.3) is 27.6 Å². The van der Waals surface area contributed by atoms with Crippen LogP contribution in [0.3, 0.4) is 0 Å². The van der Waals surface area contributed by atoms with Crippen LogP contribution >= 0.6 is 23.6 Å². The van der Waals surface area contributed by atoms with E-state index in [1.807, 2.05) is 12.1 Å². The van der Waals surface area contributed by atoms with Crippen LogP contribution in [-0.2, 0) is 0 Å². The molecule has 0 amide bonds. The van der Waals surface area contributed by atoms with Crippen molar-refractivity contribution in [2.75, 3.05) is 0 Å². The van der Waals surface area contributed by atoms with Crippen molar-refractivity contribution in [2.45, 2.75) is 6.92 Å². The fourth-order valence-corrected chi connectivity index (χ4v) is 3.80. The molecule has 0 saturated heterocycles. The molecule has 0 spiro atoms. The van der Waals surface area contributed by atoms with Crippen molar-refractivity contribution in [3.8, 4) is 27.6 Å². The van der Waals surface area contributed by atoms with E-state index < -0.39 is 10.2 Å². The van der Waals surface area contributed by atoms with Gasteiger partial charge in [0.15, 0.2) is 0 Å². The van der Waals surface area contributed by atoms with Crippen LogP contribution < -0.4 is 23.2 Å². The maximum Gasteiger partial charge on any atom is 0.414 e. The number of H-pyrrole nitrogens is 1. The van der Waals surface area contributed by atoms with E-state index >= 15 is 0 Å². The first-order valence-corrected chi connectivity index (χ1v) is 11.0. The summed E-state index contributed by atoms with van der Waals surface area (Å²) in [7, 11) is -4.94. The molecule has 0 unspecified atom stereocenters. The lowest BCUT2D eigenvalue weighted by molar-refractivity contribution is -2.00. The van der Waals surface area contributed by atoms with Crippen molar-refractivity contribution in [3.05, 3.63) is 82.3 Å². The molecule has 1 N–H and O–H groups in total. The smallest absolute Gasteiger partial charge is 0.222 e. The minimum Gasteiger partial charge on any atom is -0.222 e. The zero-order chi connectivity index (χ0) is 21.7. The Hall–Kier alpha value is -2.50. The second-order valence-corrected chi connectivity index (χ2v) is 8.54. The maximum atomic E-state index is 8.49. The Balaban J connectivity index is 0.000000461. The Morgan fingerprint density at radius 3 is 1.67 bits per heavy atom. The SMILES string of the molecule is Cc1cc(-c2ccccc2)[n+](-c2n[nH]c(=S)s2)c(-c2ccccc2)c1.[O-][Cl+3]([O-])([O-])[O-]. The molecule has 2 aromatic heterocycles. The topological polar surface area (TPSA) is 125 Å². The van der Waals surface area contributed by atoms with Gasteiger partial charge >= 0.3 is 5.13 Å². The van der Waals surface area contributed by atoms with Crippen molar-refractivity contribution in [2.24, 2.45) is 0 Å². The molecule has 4 rings (SSSR count). The van der Waals surface area contributed by atoms with Gasteiger partial charge in [-0.1, -0.05) is 60.7 Å². The molecule has 0 saturated carbocycles. The second-order valence-electron chi connectivity index (χ2n) is 6.14. The van der Waals surface area contributed by atoms with E-state index in [4.69, 9.17) is 30.9 Å². The number of hydrogen-bond donors (Lipinski definition) is 1. The van der Waals surface area contributed by atoms with E-state index in [1.54, 1.807) is 0 Å². The highest BCUT2D eigenvalue weighted by Gasteiger charge is 2.23. The van der Waals surface area contributed by atoms with Gasteiger partial charge in [-0.3, -0.25) is 0 Å². The van der Waals surface area contributed by atoms with Gasteiger partial charge in [-0.05, 0) is 48.2 Å². The predicted octanol–water partition coefficient (Wildman–Crippen LogP) is 0.364. The number of hydrogen-bond acceptors (Lipinski definition) is 7. The molecular formula is C20H16ClN3O4S2. The molecule has 10 heteroatoms. The zero-order valence-electron chi connectivity index (χ0n) is 15.7. The average Bonchev–Trinajstić information content (AvgIpc) is 3.13. The Labute approximate surface area is 183 Å². The van der Waals surface area contributed by atoms with E-state index in [1.165, 1.54) is 16.9 Å². The van der Waals surface area contributed by atoms with Gasteiger partial charge in [0.05, 0.1) is 5.10 Å². The first-order chi connectivity index (χ1) is 14.2. The lowest BCUT2D eigenvalue weighted by Gasteiger charge is -2.17. The average molecular weight is 462 g/mol. The van der Waals surface area contributed by atoms with Gasteiger partial charge in [0.2, 0.25) is 3.95 Å². The maximum absolute atomic E-state index is 8.49. The number of aryl methyl sites for hydroxylation is 1. The molecule has 154 valence electrons. The monoisotopic (exact) mass is 461 g/mol. The number of aromatic amines is 1. The third-order valence-electron chi connectivity index (χ3n) is 3.97. The Kier molecular flexibility index (Phi) is 7.06. The predicted molar refractivity (Wildman–Crippen MR) is 104 cm³/mol. The number of halogens is 1. The van der Waals surface area contributed by atoms with Gasteiger partial charge in [0.1, 0.15) is 11.4 Å². The number of nitrogens with zero attached hydrogens (tertiary/aromatic N) is 2. The normalized spacial score (nSPS) is 11.0. The highest BCUT2D eigenvalue weighted by atomic mass is 35.7. The highest BCUT2D eigenvalue weighted by Crippen LogP contribution is 2.25. The van der Waals surface area contributed by atoms with Gasteiger partial charge in [-0.25, -0.2) is 18.6 Å². The summed E-state index contributed by atoms with van der Waals surface area (Å²) in [5, 5.41) is 8.18. The zero-order valence-corrected chi connectivity index (χ0v) is 18.0. The molecule has 0 aliphatic rings. The van der Waals surface area contributed by atoms with Crippen LogP contribution in [0.15, 0.2) is 72.8 Å². The number of rotatable bonds is 3. The molecule has 2 aromatic carbocycles. The van der Waals surface area contributed by atoms with Crippen LogP contribution in [0.5, 0.6) is 0 Å². The Morgan fingerprint density at radius 1 is 0.867 bits per heavy atom. The fraction of sp³-hybridized carbons (Fsp3) is 0.0500. The van der Waals surface area contributed by atoms with E-state index in [-0.39, 0.29) is 0 Å². The summed E-state index contributed by atoms with van der Waals surface area (Å²) in [6, 6.07) is 25.1. The standard InChI is InChI=1S/C20H15N3S2.ClHO4/c1-14-12-17(15-8-4-2-5-9-15)23(19-21-22-20(24)25-19)18(13-14)16-10-6-3-7-11-16;2-1(3,4)5/h2-13H,1H3;(H,2,3,4,5). The van der Waals surface area contributed by atoms with Crippen LogP contribution in [0.4, 0.5) is 0 Å². The molecule has 0 aliphatic carbocycles. The van der Waals surface area contributed by atoms with E-state index in [0.29, 0.717) is 3.95 Å². The van der Waals surface area contributed by atoms with Crippen molar-refractivity contribution in [3.63, 3.8) is 0 Å². The van der Waals surface area contributed by atoms with Gasteiger partial charge in [0.25, 0.3) is 0 Å². The quantitative estimate of drug-likeness (QED) is 0.347. The molecular weight excluding hydrogens is 446 g/mol. The summed E-state index contributed by atoms with van der Waals surface area (Å²) < 4.78 is 36.8. The number of pyridine rings is 1. The lowest BCUT2D eigenvalue weighted by atomic mass is 10.0. The minimum absolute atomic E-state index is 0.668. The molecule has 2 heterocycles. The van der Waals surface area contributed by atoms with E-state index in [0.717, 1.165) is 27.6 Å². The minimum atomic E-state index is -4.94. The Bertz CT molecular complexity index is 1110. The molecule has 0 bridgehead atoms. The van der Waals surface area contributed by atoms with Crippen LogP contribution in [0.2, 0.25) is 0 Å². The van der Waals surface area contributed by atoms with Gasteiger partial charge in [0, 0.05) is 11.1 Å². The van der Waals surface area contributed by atoms with Crippen molar-refractivity contribution < 1.29 is 33.4 Å². The summed E-state index contributed by atoms with van der Waals surface area (Å²) in [6.45, 7) is 2.12. The van der Waals surface area contributed by atoms with Crippen molar-refractivity contribution in [1.29, 1.82) is 0 Å². The Morgan fingerprint density at radius 2 is 1.30 bits per heavy atom. The molecule has 4 aromatic rings. The van der Waals surface area contributed by atoms with Crippen LogP contribution in [0.1, 0.15) is 5.56 Å². The van der Waals surface area contributed by atoms with Gasteiger partial charge in [-0.15, -0.1) is 10.2 Å². The fourth-order valence-electron chi connectivity index (χ4n) is 2.90. The van der Waals surface area contributed by atoms with Crippen molar-refractivity contribution in [1.82, 2.24) is 10.2 Å². The second kappa shape index (κ2) is 9.54.